The quantitative estimate of drug-likeness (QED) is 0.928. The van der Waals surface area contributed by atoms with Crippen molar-refractivity contribution in [2.45, 2.75) is 39.0 Å². The normalized spacial score (nSPS) is 18.9. The molecule has 2 heterocycles. The van der Waals surface area contributed by atoms with E-state index in [-0.39, 0.29) is 5.88 Å². The monoisotopic (exact) mass is 289 g/mol. The van der Waals surface area contributed by atoms with Gasteiger partial charge >= 0.3 is 6.18 Å². The number of aromatic nitrogens is 2. The summed E-state index contributed by atoms with van der Waals surface area (Å²) in [5.74, 6) is -0.510. The molecule has 7 heteroatoms. The van der Waals surface area contributed by atoms with Crippen LogP contribution in [0, 0.1) is 19.8 Å². The number of aryl methyl sites for hydroxylation is 1. The maximum atomic E-state index is 13.2. The van der Waals surface area contributed by atoms with Gasteiger partial charge in [0.2, 0.25) is 5.88 Å². The number of alkyl halides is 3. The number of hydrogen-bond donors (Lipinski definition) is 1. The van der Waals surface area contributed by atoms with Crippen molar-refractivity contribution in [3.8, 4) is 5.88 Å². The molecule has 2 rings (SSSR count). The summed E-state index contributed by atoms with van der Waals surface area (Å²) in [7, 11) is 0. The number of halogens is 3. The molecule has 1 aliphatic heterocycles. The van der Waals surface area contributed by atoms with Gasteiger partial charge < -0.3 is 10.1 Å². The number of hydrogen-bond acceptors (Lipinski definition) is 4. The van der Waals surface area contributed by atoms with Crippen molar-refractivity contribution < 1.29 is 17.9 Å². The first kappa shape index (κ1) is 15.0. The summed E-state index contributed by atoms with van der Waals surface area (Å²) in [5, 5.41) is 3.06. The molecule has 0 aliphatic carbocycles. The number of ether oxygens (including phenoxy) is 1. The summed E-state index contributed by atoms with van der Waals surface area (Å²) < 4.78 is 44.9. The highest BCUT2D eigenvalue weighted by Crippen LogP contribution is 2.34. The zero-order valence-electron chi connectivity index (χ0n) is 11.5. The van der Waals surface area contributed by atoms with Crippen molar-refractivity contribution in [2.75, 3.05) is 13.1 Å². The Morgan fingerprint density at radius 1 is 1.25 bits per heavy atom. The van der Waals surface area contributed by atoms with Crippen molar-refractivity contribution >= 4 is 0 Å². The van der Waals surface area contributed by atoms with Crippen LogP contribution < -0.4 is 10.1 Å². The maximum Gasteiger partial charge on any atom is 0.425 e. The highest BCUT2D eigenvalue weighted by Gasteiger charge is 2.47. The molecule has 0 bridgehead atoms. The summed E-state index contributed by atoms with van der Waals surface area (Å²) in [4.78, 5) is 7.78. The molecule has 1 aromatic rings. The molecule has 0 aromatic carbocycles. The van der Waals surface area contributed by atoms with Crippen molar-refractivity contribution in [1.82, 2.24) is 15.3 Å². The van der Waals surface area contributed by atoms with Crippen LogP contribution in [-0.4, -0.2) is 35.3 Å². The maximum absolute atomic E-state index is 13.2. The van der Waals surface area contributed by atoms with E-state index in [1.165, 1.54) is 6.33 Å². The standard InChI is InChI=1S/C13H18F3N3O/c1-8-9(2)18-7-19-12(8)20-11(13(14,15)16)10-3-5-17-6-4-10/h7,10-11,17H,3-6H2,1-2H3. The SMILES string of the molecule is Cc1ncnc(OC(C2CCNCC2)C(F)(F)F)c1C. The first-order chi connectivity index (χ1) is 9.39. The second-order valence-electron chi connectivity index (χ2n) is 5.06. The molecule has 20 heavy (non-hydrogen) atoms. The first-order valence-electron chi connectivity index (χ1n) is 6.62. The van der Waals surface area contributed by atoms with E-state index in [1.807, 2.05) is 0 Å². The van der Waals surface area contributed by atoms with Crippen LogP contribution in [0.3, 0.4) is 0 Å². The van der Waals surface area contributed by atoms with Crippen LogP contribution in [0.15, 0.2) is 6.33 Å². The highest BCUT2D eigenvalue weighted by molar-refractivity contribution is 5.27. The van der Waals surface area contributed by atoms with Crippen LogP contribution in [0.2, 0.25) is 0 Å². The van der Waals surface area contributed by atoms with E-state index in [0.717, 1.165) is 0 Å². The molecule has 1 unspecified atom stereocenters. The van der Waals surface area contributed by atoms with Crippen molar-refractivity contribution in [3.63, 3.8) is 0 Å². The van der Waals surface area contributed by atoms with Gasteiger partial charge in [-0.05, 0) is 39.8 Å². The Balaban J connectivity index is 2.21. The van der Waals surface area contributed by atoms with Gasteiger partial charge in [-0.25, -0.2) is 9.97 Å². The highest BCUT2D eigenvalue weighted by atomic mass is 19.4. The van der Waals surface area contributed by atoms with E-state index in [9.17, 15) is 13.2 Å². The lowest BCUT2D eigenvalue weighted by Gasteiger charge is -2.32. The molecule has 112 valence electrons. The molecule has 4 nitrogen and oxygen atoms in total. The van der Waals surface area contributed by atoms with Crippen molar-refractivity contribution in [2.24, 2.45) is 5.92 Å². The van der Waals surface area contributed by atoms with E-state index in [1.54, 1.807) is 13.8 Å². The summed E-state index contributed by atoms with van der Waals surface area (Å²) in [6, 6.07) is 0. The fourth-order valence-electron chi connectivity index (χ4n) is 2.33. The van der Waals surface area contributed by atoms with Crippen LogP contribution in [0.5, 0.6) is 5.88 Å². The summed E-state index contributed by atoms with van der Waals surface area (Å²) >= 11 is 0. The third kappa shape index (κ3) is 3.39. The molecule has 0 radical (unpaired) electrons. The van der Waals surface area contributed by atoms with Gasteiger partial charge in [-0.1, -0.05) is 0 Å². The van der Waals surface area contributed by atoms with Gasteiger partial charge in [-0.3, -0.25) is 0 Å². The second-order valence-corrected chi connectivity index (χ2v) is 5.06. The molecule has 1 aliphatic rings. The molecule has 0 spiro atoms. The second kappa shape index (κ2) is 5.95. The van der Waals surface area contributed by atoms with Crippen molar-refractivity contribution in [3.05, 3.63) is 17.6 Å². The Kier molecular flexibility index (Phi) is 4.47. The predicted octanol–water partition coefficient (Wildman–Crippen LogP) is 2.40. The summed E-state index contributed by atoms with van der Waals surface area (Å²) in [6.45, 7) is 4.56. The average molecular weight is 289 g/mol. The van der Waals surface area contributed by atoms with Gasteiger partial charge in [0.05, 0.1) is 0 Å². The van der Waals surface area contributed by atoms with Crippen LogP contribution in [0.1, 0.15) is 24.1 Å². The average Bonchev–Trinajstić information content (AvgIpc) is 2.40. The third-order valence-corrected chi connectivity index (χ3v) is 3.66. The number of nitrogens with zero attached hydrogens (tertiary/aromatic N) is 2. The molecule has 1 aromatic heterocycles. The van der Waals surface area contributed by atoms with Crippen LogP contribution in [0.25, 0.3) is 0 Å². The van der Waals surface area contributed by atoms with Crippen LogP contribution >= 0.6 is 0 Å². The number of piperidine rings is 1. The van der Waals surface area contributed by atoms with Gasteiger partial charge in [0.25, 0.3) is 0 Å². The third-order valence-electron chi connectivity index (χ3n) is 3.66. The van der Waals surface area contributed by atoms with E-state index >= 15 is 0 Å². The molecule has 1 atom stereocenters. The minimum atomic E-state index is -4.40. The lowest BCUT2D eigenvalue weighted by Crippen LogP contribution is -2.45. The minimum Gasteiger partial charge on any atom is -0.464 e. The smallest absolute Gasteiger partial charge is 0.425 e. The Bertz CT molecular complexity index is 459. The summed E-state index contributed by atoms with van der Waals surface area (Å²) in [5.41, 5.74) is 1.18. The molecule has 1 N–H and O–H groups in total. The van der Waals surface area contributed by atoms with E-state index < -0.39 is 18.2 Å². The lowest BCUT2D eigenvalue weighted by molar-refractivity contribution is -0.213. The molecule has 0 saturated carbocycles. The van der Waals surface area contributed by atoms with Gasteiger partial charge in [-0.2, -0.15) is 13.2 Å². The number of nitrogens with one attached hydrogen (secondary N) is 1. The van der Waals surface area contributed by atoms with Gasteiger partial charge in [0.15, 0.2) is 6.10 Å². The number of rotatable bonds is 3. The van der Waals surface area contributed by atoms with Gasteiger partial charge in [-0.15, -0.1) is 0 Å². The largest absolute Gasteiger partial charge is 0.464 e. The molecule has 1 fully saturated rings. The van der Waals surface area contributed by atoms with Crippen LogP contribution in [-0.2, 0) is 0 Å². The van der Waals surface area contributed by atoms with Gasteiger partial charge in [0, 0.05) is 17.2 Å². The van der Waals surface area contributed by atoms with E-state index in [0.29, 0.717) is 37.2 Å². The molecular formula is C13H18F3N3O. The topological polar surface area (TPSA) is 47.0 Å². The zero-order valence-corrected chi connectivity index (χ0v) is 11.5. The Labute approximate surface area is 115 Å². The Morgan fingerprint density at radius 2 is 1.90 bits per heavy atom. The zero-order chi connectivity index (χ0) is 14.8. The van der Waals surface area contributed by atoms with E-state index in [4.69, 9.17) is 4.74 Å². The molecule has 1 saturated heterocycles. The minimum absolute atomic E-state index is 0.0263. The fraction of sp³-hybridized carbons (Fsp3) is 0.692. The van der Waals surface area contributed by atoms with Crippen molar-refractivity contribution in [1.29, 1.82) is 0 Å². The van der Waals surface area contributed by atoms with Gasteiger partial charge in [0.1, 0.15) is 6.33 Å². The predicted molar refractivity (Wildman–Crippen MR) is 67.6 cm³/mol. The Hall–Kier alpha value is -1.37. The Morgan fingerprint density at radius 3 is 2.50 bits per heavy atom. The van der Waals surface area contributed by atoms with Crippen LogP contribution in [0.4, 0.5) is 13.2 Å². The lowest BCUT2D eigenvalue weighted by atomic mass is 9.91. The molecule has 0 amide bonds. The first-order valence-corrected chi connectivity index (χ1v) is 6.62. The van der Waals surface area contributed by atoms with E-state index in [2.05, 4.69) is 15.3 Å². The molecular weight excluding hydrogens is 271 g/mol. The summed E-state index contributed by atoms with van der Waals surface area (Å²) in [6.07, 6.45) is -4.07. The fourth-order valence-corrected chi connectivity index (χ4v) is 2.33.